The molecule has 0 atom stereocenters. The van der Waals surface area contributed by atoms with Gasteiger partial charge in [-0.2, -0.15) is 5.10 Å². The minimum Gasteiger partial charge on any atom is -0.491 e. The Morgan fingerprint density at radius 3 is 2.72 bits per heavy atom. The molecule has 0 aliphatic heterocycles. The van der Waals surface area contributed by atoms with Crippen LogP contribution in [0.25, 0.3) is 0 Å². The second kappa shape index (κ2) is 5.58. The van der Waals surface area contributed by atoms with E-state index in [0.29, 0.717) is 6.54 Å². The van der Waals surface area contributed by atoms with Crippen LogP contribution in [-0.4, -0.2) is 15.9 Å². The number of benzene rings is 1. The predicted octanol–water partition coefficient (Wildman–Crippen LogP) is 2.82. The smallest absolute Gasteiger partial charge is 0.148 e. The van der Waals surface area contributed by atoms with Crippen LogP contribution in [0.3, 0.4) is 0 Å². The molecule has 2 rings (SSSR count). The van der Waals surface area contributed by atoms with E-state index in [-0.39, 0.29) is 6.10 Å². The Bertz CT molecular complexity index is 505. The van der Waals surface area contributed by atoms with Crippen molar-refractivity contribution in [2.75, 3.05) is 5.32 Å². The lowest BCUT2D eigenvalue weighted by Crippen LogP contribution is -2.09. The summed E-state index contributed by atoms with van der Waals surface area (Å²) in [5.74, 6) is 1.80. The zero-order valence-corrected chi connectivity index (χ0v) is 11.1. The van der Waals surface area contributed by atoms with E-state index >= 15 is 0 Å². The molecule has 1 aromatic carbocycles. The molecule has 0 bridgehead atoms. The maximum atomic E-state index is 5.77. The van der Waals surface area contributed by atoms with Crippen LogP contribution in [0.1, 0.15) is 19.4 Å². The van der Waals surface area contributed by atoms with Gasteiger partial charge in [-0.25, -0.2) is 0 Å². The summed E-state index contributed by atoms with van der Waals surface area (Å²) in [7, 11) is 1.90. The summed E-state index contributed by atoms with van der Waals surface area (Å²) in [5, 5.41) is 7.56. The third-order valence-electron chi connectivity index (χ3n) is 2.51. The molecule has 4 nitrogen and oxygen atoms in total. The van der Waals surface area contributed by atoms with Gasteiger partial charge in [0.2, 0.25) is 0 Å². The van der Waals surface area contributed by atoms with E-state index in [1.54, 1.807) is 4.68 Å². The van der Waals surface area contributed by atoms with Crippen LogP contribution in [0, 0.1) is 0 Å². The van der Waals surface area contributed by atoms with Crippen molar-refractivity contribution in [2.45, 2.75) is 26.5 Å². The number of hydrogen-bond donors (Lipinski definition) is 1. The quantitative estimate of drug-likeness (QED) is 0.880. The SMILES string of the molecule is CC(C)Oc1ccccc1CNc1ccn(C)n1. The molecule has 1 N–H and O–H groups in total. The highest BCUT2D eigenvalue weighted by molar-refractivity contribution is 5.39. The molecule has 0 aliphatic carbocycles. The Hall–Kier alpha value is -1.97. The maximum Gasteiger partial charge on any atom is 0.148 e. The summed E-state index contributed by atoms with van der Waals surface area (Å²) in [6.45, 7) is 4.77. The zero-order valence-electron chi connectivity index (χ0n) is 11.1. The van der Waals surface area contributed by atoms with Gasteiger partial charge in [-0.3, -0.25) is 4.68 Å². The lowest BCUT2D eigenvalue weighted by Gasteiger charge is -2.14. The van der Waals surface area contributed by atoms with E-state index in [1.807, 2.05) is 51.4 Å². The van der Waals surface area contributed by atoms with Crippen molar-refractivity contribution in [1.29, 1.82) is 0 Å². The van der Waals surface area contributed by atoms with Crippen molar-refractivity contribution in [2.24, 2.45) is 7.05 Å². The molecule has 0 fully saturated rings. The highest BCUT2D eigenvalue weighted by Crippen LogP contribution is 2.20. The molecule has 1 aromatic heterocycles. The summed E-state index contributed by atoms with van der Waals surface area (Å²) >= 11 is 0. The average molecular weight is 245 g/mol. The first-order valence-electron chi connectivity index (χ1n) is 6.13. The number of hydrogen-bond acceptors (Lipinski definition) is 3. The number of para-hydroxylation sites is 1. The molecule has 0 aliphatic rings. The molecule has 0 radical (unpaired) electrons. The van der Waals surface area contributed by atoms with Crippen LogP contribution in [0.2, 0.25) is 0 Å². The number of ether oxygens (including phenoxy) is 1. The minimum atomic E-state index is 0.181. The highest BCUT2D eigenvalue weighted by Gasteiger charge is 2.05. The Kier molecular flexibility index (Phi) is 3.87. The van der Waals surface area contributed by atoms with Crippen LogP contribution in [-0.2, 0) is 13.6 Å². The molecule has 96 valence electrons. The monoisotopic (exact) mass is 245 g/mol. The number of aryl methyl sites for hydroxylation is 1. The van der Waals surface area contributed by atoms with E-state index in [1.165, 1.54) is 0 Å². The Morgan fingerprint density at radius 1 is 1.28 bits per heavy atom. The van der Waals surface area contributed by atoms with Gasteiger partial charge in [0.05, 0.1) is 6.10 Å². The zero-order chi connectivity index (χ0) is 13.0. The number of anilines is 1. The molecule has 0 unspecified atom stereocenters. The summed E-state index contributed by atoms with van der Waals surface area (Å²) in [6.07, 6.45) is 2.10. The van der Waals surface area contributed by atoms with Gasteiger partial charge >= 0.3 is 0 Å². The van der Waals surface area contributed by atoms with Crippen molar-refractivity contribution >= 4 is 5.82 Å². The predicted molar refractivity (Wildman–Crippen MR) is 72.7 cm³/mol. The molecule has 1 heterocycles. The molecule has 0 spiro atoms. The van der Waals surface area contributed by atoms with E-state index in [0.717, 1.165) is 17.1 Å². The van der Waals surface area contributed by atoms with Gasteiger partial charge in [-0.1, -0.05) is 18.2 Å². The molecule has 0 amide bonds. The standard InChI is InChI=1S/C14H19N3O/c1-11(2)18-13-7-5-4-6-12(13)10-15-14-8-9-17(3)16-14/h4-9,11H,10H2,1-3H3,(H,15,16). The number of nitrogens with zero attached hydrogens (tertiary/aromatic N) is 2. The van der Waals surface area contributed by atoms with Gasteiger partial charge in [0.25, 0.3) is 0 Å². The molecule has 4 heteroatoms. The van der Waals surface area contributed by atoms with E-state index in [4.69, 9.17) is 4.74 Å². The fourth-order valence-electron chi connectivity index (χ4n) is 1.71. The molecule has 2 aromatic rings. The Labute approximate surface area is 108 Å². The van der Waals surface area contributed by atoms with Crippen LogP contribution in [0.4, 0.5) is 5.82 Å². The number of nitrogens with one attached hydrogen (secondary N) is 1. The summed E-state index contributed by atoms with van der Waals surface area (Å²) in [4.78, 5) is 0. The lowest BCUT2D eigenvalue weighted by molar-refractivity contribution is 0.240. The van der Waals surface area contributed by atoms with E-state index in [9.17, 15) is 0 Å². The summed E-state index contributed by atoms with van der Waals surface area (Å²) < 4.78 is 7.55. The Balaban J connectivity index is 2.04. The van der Waals surface area contributed by atoms with Gasteiger partial charge < -0.3 is 10.1 Å². The second-order valence-corrected chi connectivity index (χ2v) is 4.50. The third kappa shape index (κ3) is 3.26. The average Bonchev–Trinajstić information content (AvgIpc) is 2.73. The summed E-state index contributed by atoms with van der Waals surface area (Å²) in [5.41, 5.74) is 1.14. The van der Waals surface area contributed by atoms with Crippen LogP contribution >= 0.6 is 0 Å². The van der Waals surface area contributed by atoms with Crippen molar-refractivity contribution < 1.29 is 4.74 Å². The van der Waals surface area contributed by atoms with Gasteiger partial charge in [-0.15, -0.1) is 0 Å². The van der Waals surface area contributed by atoms with Gasteiger partial charge in [0.15, 0.2) is 0 Å². The molecule has 0 saturated carbocycles. The van der Waals surface area contributed by atoms with E-state index < -0.39 is 0 Å². The van der Waals surface area contributed by atoms with Crippen molar-refractivity contribution in [3.05, 3.63) is 42.1 Å². The van der Waals surface area contributed by atoms with Crippen molar-refractivity contribution in [3.63, 3.8) is 0 Å². The normalized spacial score (nSPS) is 10.7. The van der Waals surface area contributed by atoms with Gasteiger partial charge in [-0.05, 0) is 19.9 Å². The van der Waals surface area contributed by atoms with Crippen LogP contribution in [0.5, 0.6) is 5.75 Å². The van der Waals surface area contributed by atoms with E-state index in [2.05, 4.69) is 16.5 Å². The first-order valence-corrected chi connectivity index (χ1v) is 6.13. The fraction of sp³-hybridized carbons (Fsp3) is 0.357. The van der Waals surface area contributed by atoms with Crippen LogP contribution < -0.4 is 10.1 Å². The first kappa shape index (κ1) is 12.5. The lowest BCUT2D eigenvalue weighted by atomic mass is 10.2. The van der Waals surface area contributed by atoms with Gasteiger partial charge in [0, 0.05) is 31.4 Å². The topological polar surface area (TPSA) is 39.1 Å². The third-order valence-corrected chi connectivity index (χ3v) is 2.51. The molecule has 18 heavy (non-hydrogen) atoms. The van der Waals surface area contributed by atoms with Crippen molar-refractivity contribution in [3.8, 4) is 5.75 Å². The Morgan fingerprint density at radius 2 is 2.06 bits per heavy atom. The van der Waals surface area contributed by atoms with Gasteiger partial charge in [0.1, 0.15) is 11.6 Å². The second-order valence-electron chi connectivity index (χ2n) is 4.50. The molecular weight excluding hydrogens is 226 g/mol. The van der Waals surface area contributed by atoms with Crippen molar-refractivity contribution in [1.82, 2.24) is 9.78 Å². The maximum absolute atomic E-state index is 5.77. The minimum absolute atomic E-state index is 0.181. The summed E-state index contributed by atoms with van der Waals surface area (Å²) in [6, 6.07) is 10.0. The molecular formula is C14H19N3O. The number of rotatable bonds is 5. The fourth-order valence-corrected chi connectivity index (χ4v) is 1.71. The molecule has 0 saturated heterocycles. The number of aromatic nitrogens is 2. The first-order chi connectivity index (χ1) is 8.65. The largest absolute Gasteiger partial charge is 0.491 e. The van der Waals surface area contributed by atoms with Crippen LogP contribution in [0.15, 0.2) is 36.5 Å². The highest BCUT2D eigenvalue weighted by atomic mass is 16.5.